The quantitative estimate of drug-likeness (QED) is 0.770. The summed E-state index contributed by atoms with van der Waals surface area (Å²) in [7, 11) is 0. The first-order valence-corrected chi connectivity index (χ1v) is 8.78. The molecule has 1 fully saturated rings. The van der Waals surface area contributed by atoms with Gasteiger partial charge in [0, 0.05) is 16.8 Å². The van der Waals surface area contributed by atoms with E-state index in [0.29, 0.717) is 16.7 Å². The van der Waals surface area contributed by atoms with E-state index in [1.165, 1.54) is 48.5 Å². The lowest BCUT2D eigenvalue weighted by atomic mass is 10.2. The molecule has 7 nitrogen and oxygen atoms in total. The third-order valence-electron chi connectivity index (χ3n) is 3.79. The summed E-state index contributed by atoms with van der Waals surface area (Å²) in [4.78, 5) is 48.4. The number of carbonyl (C=O) groups excluding carboxylic acids is 4. The summed E-state index contributed by atoms with van der Waals surface area (Å²) in [5, 5.41) is 12.7. The van der Waals surface area contributed by atoms with Crippen molar-refractivity contribution in [2.24, 2.45) is 0 Å². The number of nitrogens with zero attached hydrogens (tertiary/aromatic N) is 1. The van der Waals surface area contributed by atoms with Crippen LogP contribution in [0.25, 0.3) is 6.08 Å². The van der Waals surface area contributed by atoms with Crippen LogP contribution in [0.1, 0.15) is 15.9 Å². The van der Waals surface area contributed by atoms with Crippen molar-refractivity contribution in [2.45, 2.75) is 0 Å². The number of anilines is 1. The third-order valence-corrected chi connectivity index (χ3v) is 4.70. The number of carbonyl (C=O) groups is 4. The Labute approximate surface area is 162 Å². The standard InChI is InChI=1S/C19H13FN2O5S/c20-13-7-3-1-5-11(13)9-15-17(24)22(19(27)28-15)10-16(23)21-14-8-4-2-6-12(14)18(25)26/h1-9H,10H2,(H,21,23)(H,25,26)/p-1/b15-9-. The van der Waals surface area contributed by atoms with Crippen molar-refractivity contribution in [3.05, 3.63) is 70.4 Å². The minimum absolute atomic E-state index is 0.0126. The van der Waals surface area contributed by atoms with Gasteiger partial charge in [-0.15, -0.1) is 0 Å². The number of hydrogen-bond acceptors (Lipinski definition) is 6. The maximum Gasteiger partial charge on any atom is 0.294 e. The lowest BCUT2D eigenvalue weighted by Gasteiger charge is -2.15. The Kier molecular flexibility index (Phi) is 5.55. The molecule has 3 amide bonds. The molecule has 0 bridgehead atoms. The predicted molar refractivity (Wildman–Crippen MR) is 98.5 cm³/mol. The first-order valence-electron chi connectivity index (χ1n) is 7.97. The molecule has 0 saturated carbocycles. The summed E-state index contributed by atoms with van der Waals surface area (Å²) in [6.45, 7) is -0.610. The molecule has 3 rings (SSSR count). The minimum atomic E-state index is -1.48. The molecule has 0 aliphatic carbocycles. The normalized spacial score (nSPS) is 15.2. The molecule has 0 radical (unpaired) electrons. The van der Waals surface area contributed by atoms with Gasteiger partial charge in [-0.05, 0) is 30.0 Å². The molecule has 0 unspecified atom stereocenters. The number of imide groups is 1. The lowest BCUT2D eigenvalue weighted by molar-refractivity contribution is -0.254. The van der Waals surface area contributed by atoms with Crippen LogP contribution in [0, 0.1) is 5.82 Å². The predicted octanol–water partition coefficient (Wildman–Crippen LogP) is 1.86. The molecule has 2 aromatic rings. The fourth-order valence-corrected chi connectivity index (χ4v) is 3.30. The number of carboxylic acid groups (broad SMARTS) is 1. The van der Waals surface area contributed by atoms with Gasteiger partial charge < -0.3 is 15.2 Å². The van der Waals surface area contributed by atoms with Gasteiger partial charge in [0.05, 0.1) is 10.9 Å². The van der Waals surface area contributed by atoms with Crippen LogP contribution in [0.5, 0.6) is 0 Å². The molecular weight excluding hydrogens is 387 g/mol. The van der Waals surface area contributed by atoms with Crippen LogP contribution in [0.4, 0.5) is 14.9 Å². The molecule has 1 N–H and O–H groups in total. The van der Waals surface area contributed by atoms with Crippen LogP contribution in [0.2, 0.25) is 0 Å². The second kappa shape index (κ2) is 8.05. The van der Waals surface area contributed by atoms with Crippen LogP contribution in [-0.4, -0.2) is 34.5 Å². The van der Waals surface area contributed by atoms with E-state index in [1.54, 1.807) is 6.07 Å². The van der Waals surface area contributed by atoms with Crippen molar-refractivity contribution in [1.82, 2.24) is 4.90 Å². The summed E-state index contributed by atoms with van der Waals surface area (Å²) < 4.78 is 13.7. The zero-order valence-electron chi connectivity index (χ0n) is 14.2. The van der Waals surface area contributed by atoms with Crippen molar-refractivity contribution in [3.8, 4) is 0 Å². The van der Waals surface area contributed by atoms with E-state index in [2.05, 4.69) is 5.32 Å². The largest absolute Gasteiger partial charge is 0.545 e. The average Bonchev–Trinajstić information content (AvgIpc) is 2.91. The Bertz CT molecular complexity index is 1020. The maximum absolute atomic E-state index is 13.7. The zero-order chi connectivity index (χ0) is 20.3. The fourth-order valence-electron chi connectivity index (χ4n) is 2.47. The van der Waals surface area contributed by atoms with E-state index in [0.717, 1.165) is 0 Å². The molecule has 2 aromatic carbocycles. The third kappa shape index (κ3) is 4.09. The maximum atomic E-state index is 13.7. The fraction of sp³-hybridized carbons (Fsp3) is 0.0526. The van der Waals surface area contributed by atoms with Gasteiger partial charge in [0.15, 0.2) is 0 Å². The summed E-state index contributed by atoms with van der Waals surface area (Å²) >= 11 is 0.589. The monoisotopic (exact) mass is 399 g/mol. The number of aromatic carboxylic acids is 1. The van der Waals surface area contributed by atoms with E-state index < -0.39 is 35.4 Å². The lowest BCUT2D eigenvalue weighted by Crippen LogP contribution is -2.36. The molecule has 1 heterocycles. The number of benzene rings is 2. The minimum Gasteiger partial charge on any atom is -0.545 e. The number of amides is 3. The van der Waals surface area contributed by atoms with Gasteiger partial charge in [0.25, 0.3) is 11.1 Å². The Hall–Kier alpha value is -3.46. The Morgan fingerprint density at radius 1 is 1.11 bits per heavy atom. The number of nitrogens with one attached hydrogen (secondary N) is 1. The average molecular weight is 399 g/mol. The highest BCUT2D eigenvalue weighted by atomic mass is 32.2. The summed E-state index contributed by atoms with van der Waals surface area (Å²) in [5.74, 6) is -3.52. The summed E-state index contributed by atoms with van der Waals surface area (Å²) in [5.41, 5.74) is -0.105. The van der Waals surface area contributed by atoms with Gasteiger partial charge in [-0.25, -0.2) is 4.39 Å². The van der Waals surface area contributed by atoms with E-state index >= 15 is 0 Å². The van der Waals surface area contributed by atoms with Crippen molar-refractivity contribution >= 4 is 46.5 Å². The van der Waals surface area contributed by atoms with Crippen LogP contribution >= 0.6 is 11.8 Å². The van der Waals surface area contributed by atoms with Gasteiger partial charge in [-0.3, -0.25) is 19.3 Å². The molecule has 0 atom stereocenters. The van der Waals surface area contributed by atoms with Crippen molar-refractivity contribution < 1.29 is 28.7 Å². The van der Waals surface area contributed by atoms with Gasteiger partial charge in [0.1, 0.15) is 12.4 Å². The van der Waals surface area contributed by atoms with Crippen LogP contribution in [0.15, 0.2) is 53.4 Å². The smallest absolute Gasteiger partial charge is 0.294 e. The van der Waals surface area contributed by atoms with Crippen molar-refractivity contribution in [3.63, 3.8) is 0 Å². The van der Waals surface area contributed by atoms with E-state index in [4.69, 9.17) is 0 Å². The first kappa shape index (κ1) is 19.3. The number of rotatable bonds is 5. The molecule has 1 aliphatic heterocycles. The van der Waals surface area contributed by atoms with E-state index in [9.17, 15) is 28.7 Å². The summed E-state index contributed by atoms with van der Waals surface area (Å²) in [6.07, 6.45) is 1.24. The Morgan fingerprint density at radius 2 is 1.79 bits per heavy atom. The number of thioether (sulfide) groups is 1. The molecule has 142 valence electrons. The molecular formula is C19H12FN2O5S-. The number of halogens is 1. The molecule has 0 spiro atoms. The topological polar surface area (TPSA) is 107 Å². The summed E-state index contributed by atoms with van der Waals surface area (Å²) in [6, 6.07) is 11.3. The molecule has 0 aromatic heterocycles. The number of carboxylic acids is 1. The SMILES string of the molecule is O=C(CN1C(=O)S/C(=C\c2ccccc2F)C1=O)Nc1ccccc1C(=O)[O-]. The highest BCUT2D eigenvalue weighted by molar-refractivity contribution is 8.18. The van der Waals surface area contributed by atoms with Crippen LogP contribution in [0.3, 0.4) is 0 Å². The van der Waals surface area contributed by atoms with Gasteiger partial charge in [0.2, 0.25) is 5.91 Å². The zero-order valence-corrected chi connectivity index (χ0v) is 15.0. The van der Waals surface area contributed by atoms with E-state index in [1.807, 2.05) is 0 Å². The van der Waals surface area contributed by atoms with Gasteiger partial charge in [-0.1, -0.05) is 36.4 Å². The van der Waals surface area contributed by atoms with Gasteiger partial charge in [-0.2, -0.15) is 0 Å². The van der Waals surface area contributed by atoms with Crippen LogP contribution in [-0.2, 0) is 9.59 Å². The molecule has 1 aliphatic rings. The number of para-hydroxylation sites is 1. The Balaban J connectivity index is 1.74. The van der Waals surface area contributed by atoms with Crippen LogP contribution < -0.4 is 10.4 Å². The molecule has 1 saturated heterocycles. The first-order chi connectivity index (χ1) is 13.4. The van der Waals surface area contributed by atoms with E-state index in [-0.39, 0.29) is 21.7 Å². The number of hydrogen-bond donors (Lipinski definition) is 1. The van der Waals surface area contributed by atoms with Gasteiger partial charge >= 0.3 is 0 Å². The second-order valence-corrected chi connectivity index (χ2v) is 6.66. The molecule has 9 heteroatoms. The Morgan fingerprint density at radius 3 is 2.50 bits per heavy atom. The molecule has 28 heavy (non-hydrogen) atoms. The van der Waals surface area contributed by atoms with Crippen molar-refractivity contribution in [1.29, 1.82) is 0 Å². The highest BCUT2D eigenvalue weighted by Crippen LogP contribution is 2.32. The highest BCUT2D eigenvalue weighted by Gasteiger charge is 2.36. The second-order valence-electron chi connectivity index (χ2n) is 5.67. The van der Waals surface area contributed by atoms with Crippen molar-refractivity contribution in [2.75, 3.05) is 11.9 Å².